The molecule has 1 amide bonds. The Bertz CT molecular complexity index is 845. The van der Waals surface area contributed by atoms with Crippen LogP contribution in [0.25, 0.3) is 0 Å². The lowest BCUT2D eigenvalue weighted by atomic mass is 10.1. The van der Waals surface area contributed by atoms with Crippen molar-refractivity contribution in [1.82, 2.24) is 14.9 Å². The van der Waals surface area contributed by atoms with Gasteiger partial charge in [-0.05, 0) is 17.7 Å². The van der Waals surface area contributed by atoms with Gasteiger partial charge in [0.1, 0.15) is 10.8 Å². The highest BCUT2D eigenvalue weighted by atomic mass is 35.5. The van der Waals surface area contributed by atoms with E-state index < -0.39 is 12.8 Å². The molecule has 0 radical (unpaired) electrons. The van der Waals surface area contributed by atoms with Crippen LogP contribution in [0.3, 0.4) is 0 Å². The molecule has 0 spiro atoms. The van der Waals surface area contributed by atoms with Crippen molar-refractivity contribution in [3.05, 3.63) is 46.2 Å². The van der Waals surface area contributed by atoms with Crippen LogP contribution < -0.4 is 10.1 Å². The summed E-state index contributed by atoms with van der Waals surface area (Å²) in [7, 11) is 1.72. The molecular weight excluding hydrogens is 373 g/mol. The van der Waals surface area contributed by atoms with E-state index in [0.29, 0.717) is 23.5 Å². The average molecular weight is 387 g/mol. The lowest BCUT2D eigenvalue weighted by Gasteiger charge is -2.16. The fourth-order valence-corrected chi connectivity index (χ4v) is 2.90. The Morgan fingerprint density at radius 3 is 2.81 bits per heavy atom. The van der Waals surface area contributed by atoms with Gasteiger partial charge in [-0.1, -0.05) is 11.6 Å². The Hall–Kier alpha value is -2.55. The first-order chi connectivity index (χ1) is 12.3. The molecule has 6 nitrogen and oxygen atoms in total. The molecule has 26 heavy (non-hydrogen) atoms. The van der Waals surface area contributed by atoms with Gasteiger partial charge in [-0.25, -0.2) is 9.97 Å². The Kier molecular flexibility index (Phi) is 4.90. The van der Waals surface area contributed by atoms with E-state index in [-0.39, 0.29) is 23.4 Å². The predicted molar refractivity (Wildman–Crippen MR) is 88.2 cm³/mol. The van der Waals surface area contributed by atoms with Crippen molar-refractivity contribution in [3.8, 4) is 5.88 Å². The number of amides is 1. The van der Waals surface area contributed by atoms with Gasteiger partial charge in [0.15, 0.2) is 6.61 Å². The maximum atomic E-state index is 12.5. The number of ether oxygens (including phenoxy) is 1. The van der Waals surface area contributed by atoms with Crippen LogP contribution in [0.5, 0.6) is 5.88 Å². The van der Waals surface area contributed by atoms with Crippen molar-refractivity contribution in [1.29, 1.82) is 0 Å². The summed E-state index contributed by atoms with van der Waals surface area (Å²) in [6, 6.07) is 3.09. The quantitative estimate of drug-likeness (QED) is 0.854. The summed E-state index contributed by atoms with van der Waals surface area (Å²) in [5.41, 5.74) is 1.94. The summed E-state index contributed by atoms with van der Waals surface area (Å²) < 4.78 is 41.2. The molecule has 3 rings (SSSR count). The maximum Gasteiger partial charge on any atom is 0.422 e. The van der Waals surface area contributed by atoms with Gasteiger partial charge < -0.3 is 15.0 Å². The second kappa shape index (κ2) is 6.99. The summed E-state index contributed by atoms with van der Waals surface area (Å²) in [6.45, 7) is -0.899. The third-order valence-electron chi connectivity index (χ3n) is 3.77. The topological polar surface area (TPSA) is 67.3 Å². The minimum Gasteiger partial charge on any atom is -0.467 e. The fourth-order valence-electron chi connectivity index (χ4n) is 2.66. The molecule has 0 aromatic carbocycles. The van der Waals surface area contributed by atoms with E-state index in [2.05, 4.69) is 20.0 Å². The highest BCUT2D eigenvalue weighted by molar-refractivity contribution is 6.31. The number of nitrogens with one attached hydrogen (secondary N) is 1. The maximum absolute atomic E-state index is 12.5. The Morgan fingerprint density at radius 1 is 1.38 bits per heavy atom. The number of fused-ring (bicyclic) bond motifs is 1. The van der Waals surface area contributed by atoms with Crippen molar-refractivity contribution in [2.45, 2.75) is 19.3 Å². The first-order valence-corrected chi connectivity index (χ1v) is 7.95. The van der Waals surface area contributed by atoms with Crippen LogP contribution in [0.1, 0.15) is 21.5 Å². The van der Waals surface area contributed by atoms with Gasteiger partial charge in [0.25, 0.3) is 5.91 Å². The van der Waals surface area contributed by atoms with Gasteiger partial charge in [-0.15, -0.1) is 0 Å². The number of hydrogen-bond acceptors (Lipinski definition) is 5. The van der Waals surface area contributed by atoms with E-state index in [0.717, 1.165) is 5.56 Å². The average Bonchev–Trinajstić information content (AvgIpc) is 2.89. The molecule has 0 bridgehead atoms. The second-order valence-corrected chi connectivity index (χ2v) is 6.04. The van der Waals surface area contributed by atoms with Gasteiger partial charge in [0, 0.05) is 37.1 Å². The van der Waals surface area contributed by atoms with E-state index in [9.17, 15) is 18.0 Å². The highest BCUT2D eigenvalue weighted by Crippen LogP contribution is 2.30. The second-order valence-electron chi connectivity index (χ2n) is 5.63. The van der Waals surface area contributed by atoms with Crippen molar-refractivity contribution in [2.24, 2.45) is 0 Å². The lowest BCUT2D eigenvalue weighted by molar-refractivity contribution is -0.154. The van der Waals surface area contributed by atoms with Gasteiger partial charge >= 0.3 is 6.18 Å². The molecule has 2 aromatic heterocycles. The summed E-state index contributed by atoms with van der Waals surface area (Å²) in [5, 5.41) is 2.90. The van der Waals surface area contributed by atoms with E-state index in [1.807, 2.05) is 0 Å². The van der Waals surface area contributed by atoms with Crippen LogP contribution >= 0.6 is 11.6 Å². The molecule has 1 aliphatic rings. The third kappa shape index (κ3) is 3.82. The first-order valence-electron chi connectivity index (χ1n) is 7.57. The number of nitrogens with zero attached hydrogens (tertiary/aromatic N) is 3. The Morgan fingerprint density at radius 2 is 2.15 bits per heavy atom. The number of alkyl halides is 3. The minimum absolute atomic E-state index is 0.0477. The smallest absolute Gasteiger partial charge is 0.422 e. The first kappa shape index (κ1) is 18.2. The van der Waals surface area contributed by atoms with Crippen LogP contribution in [0.15, 0.2) is 24.5 Å². The molecule has 1 N–H and O–H groups in total. The van der Waals surface area contributed by atoms with Crippen molar-refractivity contribution in [2.75, 3.05) is 19.0 Å². The Labute approximate surface area is 151 Å². The number of carbonyl (C=O) groups is 1. The number of hydrogen-bond donors (Lipinski definition) is 1. The summed E-state index contributed by atoms with van der Waals surface area (Å²) >= 11 is 5.94. The summed E-state index contributed by atoms with van der Waals surface area (Å²) in [4.78, 5) is 22.1. The number of halogens is 4. The molecule has 138 valence electrons. The standard InChI is InChI=1S/C16H14ClF3N4O2/c1-21-13-11-7-24(15(25)10(11)2-3-22-13)6-9-4-12(17)14(23-5-9)26-8-16(18,19)20/h2-5H,6-8H2,1H3,(H,21,22). The Balaban J connectivity index is 1.72. The molecule has 10 heteroatoms. The van der Waals surface area contributed by atoms with Crippen molar-refractivity contribution < 1.29 is 22.7 Å². The minimum atomic E-state index is -4.48. The zero-order valence-electron chi connectivity index (χ0n) is 13.6. The van der Waals surface area contributed by atoms with Gasteiger partial charge in [0.2, 0.25) is 5.88 Å². The molecule has 0 aliphatic carbocycles. The van der Waals surface area contributed by atoms with E-state index >= 15 is 0 Å². The number of pyridine rings is 2. The zero-order chi connectivity index (χ0) is 18.9. The normalized spacial score (nSPS) is 13.7. The highest BCUT2D eigenvalue weighted by Gasteiger charge is 2.31. The van der Waals surface area contributed by atoms with Crippen LogP contribution in [0.2, 0.25) is 5.02 Å². The number of aromatic nitrogens is 2. The van der Waals surface area contributed by atoms with Crippen molar-refractivity contribution in [3.63, 3.8) is 0 Å². The van der Waals surface area contributed by atoms with Crippen LogP contribution in [-0.2, 0) is 13.1 Å². The van der Waals surface area contributed by atoms with Gasteiger partial charge in [-0.3, -0.25) is 4.79 Å². The number of anilines is 1. The molecule has 0 atom stereocenters. The van der Waals surface area contributed by atoms with E-state index in [4.69, 9.17) is 11.6 Å². The largest absolute Gasteiger partial charge is 0.467 e. The summed E-state index contributed by atoms with van der Waals surface area (Å²) in [6.07, 6.45) is -1.58. The molecule has 2 aromatic rings. The van der Waals surface area contributed by atoms with Crippen LogP contribution in [0, 0.1) is 0 Å². The molecule has 1 aliphatic heterocycles. The monoisotopic (exact) mass is 386 g/mol. The molecular formula is C16H14ClF3N4O2. The van der Waals surface area contributed by atoms with Crippen LogP contribution in [-0.4, -0.2) is 40.6 Å². The van der Waals surface area contributed by atoms with Crippen LogP contribution in [0.4, 0.5) is 19.0 Å². The lowest BCUT2D eigenvalue weighted by Crippen LogP contribution is -2.23. The SMILES string of the molecule is CNc1nccc2c1CN(Cc1cnc(OCC(F)(F)F)c(Cl)c1)C2=O. The molecule has 0 saturated carbocycles. The van der Waals surface area contributed by atoms with Gasteiger partial charge in [-0.2, -0.15) is 13.2 Å². The zero-order valence-corrected chi connectivity index (χ0v) is 14.4. The van der Waals surface area contributed by atoms with Crippen molar-refractivity contribution >= 4 is 23.3 Å². The van der Waals surface area contributed by atoms with Gasteiger partial charge in [0.05, 0.1) is 6.54 Å². The number of carbonyl (C=O) groups excluding carboxylic acids is 1. The predicted octanol–water partition coefficient (Wildman–Crippen LogP) is 3.27. The summed E-state index contributed by atoms with van der Waals surface area (Å²) in [5.74, 6) is 0.170. The molecule has 3 heterocycles. The molecule has 0 fully saturated rings. The molecule has 0 saturated heterocycles. The van der Waals surface area contributed by atoms with E-state index in [1.165, 1.54) is 12.3 Å². The van der Waals surface area contributed by atoms with E-state index in [1.54, 1.807) is 24.2 Å². The fraction of sp³-hybridized carbons (Fsp3) is 0.312. The third-order valence-corrected chi connectivity index (χ3v) is 4.04. The number of rotatable bonds is 5. The molecule has 0 unspecified atom stereocenters.